The van der Waals surface area contributed by atoms with Gasteiger partial charge in [-0.2, -0.15) is 0 Å². The van der Waals surface area contributed by atoms with Crippen LogP contribution in [0.4, 0.5) is 0 Å². The van der Waals surface area contributed by atoms with Crippen molar-refractivity contribution in [2.45, 2.75) is 26.0 Å². The molecule has 0 bridgehead atoms. The fourth-order valence-corrected chi connectivity index (χ4v) is 2.80. The molecule has 0 aromatic carbocycles. The molecule has 0 fully saturated rings. The Bertz CT molecular complexity index is 442. The number of hydrogen-bond donors (Lipinski definition) is 0. The van der Waals surface area contributed by atoms with Crippen molar-refractivity contribution in [2.75, 3.05) is 5.75 Å². The first-order chi connectivity index (χ1) is 7.43. The van der Waals surface area contributed by atoms with Gasteiger partial charge in [0.25, 0.3) is 0 Å². The monoisotopic (exact) mass is 244 g/mol. The zero-order valence-electron chi connectivity index (χ0n) is 9.47. The van der Waals surface area contributed by atoms with Crippen LogP contribution in [0, 0.1) is 5.92 Å². The molecule has 1 aromatic rings. The van der Waals surface area contributed by atoms with Gasteiger partial charge >= 0.3 is 0 Å². The summed E-state index contributed by atoms with van der Waals surface area (Å²) in [5.41, 5.74) is 0. The molecule has 4 nitrogen and oxygen atoms in total. The van der Waals surface area contributed by atoms with Crippen molar-refractivity contribution in [3.05, 3.63) is 23.7 Å². The lowest BCUT2D eigenvalue weighted by molar-refractivity contribution is 0.109. The van der Waals surface area contributed by atoms with Gasteiger partial charge in [-0.05, 0) is 24.5 Å². The third kappa shape index (κ3) is 4.18. The molecule has 90 valence electrons. The van der Waals surface area contributed by atoms with E-state index in [0.717, 1.165) is 0 Å². The van der Waals surface area contributed by atoms with Gasteiger partial charge in [0.05, 0.1) is 5.75 Å². The zero-order valence-corrected chi connectivity index (χ0v) is 10.3. The maximum Gasteiger partial charge on any atom is 0.185 e. The van der Waals surface area contributed by atoms with Gasteiger partial charge in [-0.15, -0.1) is 0 Å². The zero-order chi connectivity index (χ0) is 12.2. The Morgan fingerprint density at radius 3 is 2.56 bits per heavy atom. The minimum atomic E-state index is -3.13. The van der Waals surface area contributed by atoms with Crippen LogP contribution in [0.5, 0.6) is 0 Å². The summed E-state index contributed by atoms with van der Waals surface area (Å²) in [7, 11) is -3.13. The second-order valence-corrected chi connectivity index (χ2v) is 6.38. The molecule has 0 aliphatic carbocycles. The molecule has 16 heavy (non-hydrogen) atoms. The molecular weight excluding hydrogens is 228 g/mol. The van der Waals surface area contributed by atoms with Crippen molar-refractivity contribution < 1.29 is 17.6 Å². The van der Waals surface area contributed by atoms with Crippen molar-refractivity contribution in [2.24, 2.45) is 5.92 Å². The fourth-order valence-electron chi connectivity index (χ4n) is 1.24. The molecular formula is C11H16O4S. The molecule has 0 saturated heterocycles. The molecule has 1 aromatic heterocycles. The first-order valence-corrected chi connectivity index (χ1v) is 6.99. The molecule has 1 rings (SSSR count). The normalized spacial score (nSPS) is 11.9. The highest BCUT2D eigenvalue weighted by Crippen LogP contribution is 2.12. The van der Waals surface area contributed by atoms with Crippen molar-refractivity contribution >= 4 is 16.1 Å². The third-order valence-corrected chi connectivity index (χ3v) is 3.75. The molecule has 0 unspecified atom stereocenters. The summed E-state index contributed by atoms with van der Waals surface area (Å²) < 4.78 is 28.3. The summed E-state index contributed by atoms with van der Waals surface area (Å²) in [6, 6.07) is 3.00. The summed E-state index contributed by atoms with van der Waals surface area (Å²) in [5, 5.41) is 0. The van der Waals surface area contributed by atoms with E-state index in [0.29, 0.717) is 24.4 Å². The van der Waals surface area contributed by atoms with E-state index in [-0.39, 0.29) is 17.3 Å². The van der Waals surface area contributed by atoms with Crippen molar-refractivity contribution in [1.29, 1.82) is 0 Å². The second-order valence-electron chi connectivity index (χ2n) is 4.20. The average molecular weight is 244 g/mol. The second kappa shape index (κ2) is 5.30. The fraction of sp³-hybridized carbons (Fsp3) is 0.545. The largest absolute Gasteiger partial charge is 0.457 e. The predicted molar refractivity (Wildman–Crippen MR) is 61.0 cm³/mol. The number of rotatable bonds is 6. The summed E-state index contributed by atoms with van der Waals surface area (Å²) in [6.45, 7) is 3.96. The van der Waals surface area contributed by atoms with Gasteiger partial charge in [-0.1, -0.05) is 13.8 Å². The Morgan fingerprint density at radius 1 is 1.38 bits per heavy atom. The van der Waals surface area contributed by atoms with Crippen LogP contribution < -0.4 is 0 Å². The number of carbonyl (C=O) groups excluding carboxylic acids is 1. The van der Waals surface area contributed by atoms with Gasteiger partial charge < -0.3 is 4.42 Å². The molecule has 0 N–H and O–H groups in total. The topological polar surface area (TPSA) is 64.3 Å². The first kappa shape index (κ1) is 13.0. The van der Waals surface area contributed by atoms with Crippen molar-refractivity contribution in [3.8, 4) is 0 Å². The van der Waals surface area contributed by atoms with E-state index in [1.54, 1.807) is 0 Å². The standard InChI is InChI=1S/C11H16O4S/c1-9(2)5-6-16(13,14)8-11-4-3-10(7-12)15-11/h3-4,7,9H,5-6,8H2,1-2H3. The van der Waals surface area contributed by atoms with Gasteiger partial charge in [-0.3, -0.25) is 4.79 Å². The van der Waals surface area contributed by atoms with Crippen LogP contribution in [0.1, 0.15) is 36.6 Å². The molecule has 0 aliphatic heterocycles. The Kier molecular flexibility index (Phi) is 4.29. The van der Waals surface area contributed by atoms with E-state index in [1.165, 1.54) is 12.1 Å². The van der Waals surface area contributed by atoms with E-state index in [1.807, 2.05) is 13.8 Å². The average Bonchev–Trinajstić information content (AvgIpc) is 2.62. The number of sulfone groups is 1. The highest BCUT2D eigenvalue weighted by molar-refractivity contribution is 7.90. The molecule has 0 radical (unpaired) electrons. The lowest BCUT2D eigenvalue weighted by atomic mass is 10.2. The molecule has 0 amide bonds. The molecule has 5 heteroatoms. The maximum absolute atomic E-state index is 11.7. The SMILES string of the molecule is CC(C)CCS(=O)(=O)Cc1ccc(C=O)o1. The van der Waals surface area contributed by atoms with Crippen molar-refractivity contribution in [3.63, 3.8) is 0 Å². The van der Waals surface area contributed by atoms with E-state index < -0.39 is 9.84 Å². The van der Waals surface area contributed by atoms with Gasteiger partial charge in [-0.25, -0.2) is 8.42 Å². The van der Waals surface area contributed by atoms with Crippen LogP contribution in [0.2, 0.25) is 0 Å². The summed E-state index contributed by atoms with van der Waals surface area (Å²) in [5.74, 6) is 0.867. The van der Waals surface area contributed by atoms with Crippen LogP contribution >= 0.6 is 0 Å². The highest BCUT2D eigenvalue weighted by Gasteiger charge is 2.15. The Hall–Kier alpha value is -1.10. The van der Waals surface area contributed by atoms with Gasteiger partial charge in [0.2, 0.25) is 0 Å². The van der Waals surface area contributed by atoms with E-state index in [4.69, 9.17) is 4.42 Å². The van der Waals surface area contributed by atoms with Crippen LogP contribution in [0.3, 0.4) is 0 Å². The van der Waals surface area contributed by atoms with Gasteiger partial charge in [0.15, 0.2) is 21.9 Å². The molecule has 0 saturated carbocycles. The number of furan rings is 1. The van der Waals surface area contributed by atoms with Crippen LogP contribution in [-0.2, 0) is 15.6 Å². The predicted octanol–water partition coefficient (Wildman–Crippen LogP) is 2.05. The minimum Gasteiger partial charge on any atom is -0.457 e. The molecule has 0 spiro atoms. The van der Waals surface area contributed by atoms with Crippen LogP contribution in [-0.4, -0.2) is 20.5 Å². The minimum absolute atomic E-state index is 0.131. The van der Waals surface area contributed by atoms with E-state index >= 15 is 0 Å². The maximum atomic E-state index is 11.7. The number of aldehydes is 1. The molecule has 1 heterocycles. The Balaban J connectivity index is 2.61. The number of carbonyl (C=O) groups is 1. The van der Waals surface area contributed by atoms with E-state index in [2.05, 4.69) is 0 Å². The highest BCUT2D eigenvalue weighted by atomic mass is 32.2. The lowest BCUT2D eigenvalue weighted by Gasteiger charge is -2.04. The smallest absolute Gasteiger partial charge is 0.185 e. The summed E-state index contributed by atoms with van der Waals surface area (Å²) in [4.78, 5) is 10.4. The first-order valence-electron chi connectivity index (χ1n) is 5.17. The summed E-state index contributed by atoms with van der Waals surface area (Å²) in [6.07, 6.45) is 1.20. The van der Waals surface area contributed by atoms with Gasteiger partial charge in [0, 0.05) is 0 Å². The third-order valence-electron chi connectivity index (χ3n) is 2.17. The Morgan fingerprint density at radius 2 is 2.06 bits per heavy atom. The van der Waals surface area contributed by atoms with Crippen LogP contribution in [0.25, 0.3) is 0 Å². The quantitative estimate of drug-likeness (QED) is 0.718. The van der Waals surface area contributed by atoms with E-state index in [9.17, 15) is 13.2 Å². The number of hydrogen-bond acceptors (Lipinski definition) is 4. The van der Waals surface area contributed by atoms with Crippen molar-refractivity contribution in [1.82, 2.24) is 0 Å². The lowest BCUT2D eigenvalue weighted by Crippen LogP contribution is -2.10. The van der Waals surface area contributed by atoms with Crippen LogP contribution in [0.15, 0.2) is 16.5 Å². The molecule has 0 aliphatic rings. The van der Waals surface area contributed by atoms with Gasteiger partial charge in [0.1, 0.15) is 11.5 Å². The molecule has 0 atom stereocenters. The summed E-state index contributed by atoms with van der Waals surface area (Å²) >= 11 is 0. The Labute approximate surface area is 95.6 Å².